The molecular weight excluding hydrogens is 244 g/mol. The lowest BCUT2D eigenvalue weighted by Gasteiger charge is -2.32. The SMILES string of the molecule is CCCC(C)C(=O)NC1CCN(CC(N)=NO)CC1. The molecule has 0 saturated carbocycles. The second-order valence-electron chi connectivity index (χ2n) is 5.34. The number of nitrogens with zero attached hydrogens (tertiary/aromatic N) is 2. The van der Waals surface area contributed by atoms with E-state index in [2.05, 4.69) is 22.3 Å². The maximum Gasteiger partial charge on any atom is 0.223 e. The Morgan fingerprint density at radius 3 is 2.68 bits per heavy atom. The van der Waals surface area contributed by atoms with E-state index in [0.717, 1.165) is 38.8 Å². The molecule has 0 bridgehead atoms. The Morgan fingerprint density at radius 1 is 1.53 bits per heavy atom. The van der Waals surface area contributed by atoms with Crippen LogP contribution in [0.4, 0.5) is 0 Å². The molecule has 1 aliphatic heterocycles. The molecule has 0 spiro atoms. The molecular formula is C13H26N4O2. The predicted molar refractivity (Wildman–Crippen MR) is 75.1 cm³/mol. The van der Waals surface area contributed by atoms with Crippen LogP contribution in [0.15, 0.2) is 5.16 Å². The number of nitrogens with two attached hydrogens (primary N) is 1. The fourth-order valence-corrected chi connectivity index (χ4v) is 2.40. The Labute approximate surface area is 115 Å². The summed E-state index contributed by atoms with van der Waals surface area (Å²) in [5, 5.41) is 14.6. The van der Waals surface area contributed by atoms with E-state index in [-0.39, 0.29) is 23.7 Å². The highest BCUT2D eigenvalue weighted by molar-refractivity contribution is 5.81. The van der Waals surface area contributed by atoms with Crippen molar-refractivity contribution in [2.75, 3.05) is 19.6 Å². The summed E-state index contributed by atoms with van der Waals surface area (Å²) >= 11 is 0. The average molecular weight is 270 g/mol. The van der Waals surface area contributed by atoms with Crippen molar-refractivity contribution in [2.24, 2.45) is 16.8 Å². The first kappa shape index (κ1) is 15.8. The zero-order valence-electron chi connectivity index (χ0n) is 11.9. The lowest BCUT2D eigenvalue weighted by atomic mass is 10.0. The lowest BCUT2D eigenvalue weighted by molar-refractivity contribution is -0.125. The first-order valence-electron chi connectivity index (χ1n) is 7.06. The van der Waals surface area contributed by atoms with Gasteiger partial charge in [0.15, 0.2) is 5.84 Å². The van der Waals surface area contributed by atoms with Crippen LogP contribution in [-0.4, -0.2) is 47.5 Å². The molecule has 1 fully saturated rings. The van der Waals surface area contributed by atoms with E-state index in [1.165, 1.54) is 0 Å². The molecule has 0 aliphatic carbocycles. The summed E-state index contributed by atoms with van der Waals surface area (Å²) in [5.74, 6) is 0.496. The molecule has 1 amide bonds. The Bertz CT molecular complexity index is 312. The van der Waals surface area contributed by atoms with Gasteiger partial charge in [0, 0.05) is 25.0 Å². The highest BCUT2D eigenvalue weighted by Gasteiger charge is 2.22. The van der Waals surface area contributed by atoms with Crippen LogP contribution in [0, 0.1) is 5.92 Å². The molecule has 0 aromatic heterocycles. The number of piperidine rings is 1. The average Bonchev–Trinajstić information content (AvgIpc) is 2.41. The first-order valence-corrected chi connectivity index (χ1v) is 7.06. The molecule has 1 heterocycles. The van der Waals surface area contributed by atoms with Crippen LogP contribution in [0.3, 0.4) is 0 Å². The van der Waals surface area contributed by atoms with Crippen LogP contribution in [0.1, 0.15) is 39.5 Å². The van der Waals surface area contributed by atoms with Crippen LogP contribution in [0.5, 0.6) is 0 Å². The Kier molecular flexibility index (Phi) is 6.62. The zero-order valence-corrected chi connectivity index (χ0v) is 11.9. The van der Waals surface area contributed by atoms with Gasteiger partial charge in [0.25, 0.3) is 0 Å². The number of carbonyl (C=O) groups excluding carboxylic acids is 1. The molecule has 0 radical (unpaired) electrons. The van der Waals surface area contributed by atoms with Crippen molar-refractivity contribution in [1.29, 1.82) is 0 Å². The molecule has 0 aromatic rings. The van der Waals surface area contributed by atoms with E-state index in [9.17, 15) is 4.79 Å². The maximum atomic E-state index is 11.9. The van der Waals surface area contributed by atoms with Crippen LogP contribution in [-0.2, 0) is 4.79 Å². The minimum absolute atomic E-state index is 0.0974. The number of oxime groups is 1. The van der Waals surface area contributed by atoms with Crippen molar-refractivity contribution in [3.63, 3.8) is 0 Å². The topological polar surface area (TPSA) is 91.0 Å². The van der Waals surface area contributed by atoms with Crippen LogP contribution in [0.25, 0.3) is 0 Å². The van der Waals surface area contributed by atoms with Gasteiger partial charge >= 0.3 is 0 Å². The molecule has 1 saturated heterocycles. The predicted octanol–water partition coefficient (Wildman–Crippen LogP) is 0.750. The number of hydrogen-bond acceptors (Lipinski definition) is 4. The van der Waals surface area contributed by atoms with Crippen LogP contribution >= 0.6 is 0 Å². The third-order valence-corrected chi connectivity index (χ3v) is 3.62. The molecule has 1 aliphatic rings. The van der Waals surface area contributed by atoms with Gasteiger partial charge in [0.05, 0.1) is 6.54 Å². The van der Waals surface area contributed by atoms with Crippen molar-refractivity contribution in [1.82, 2.24) is 10.2 Å². The third kappa shape index (κ3) is 5.46. The number of hydrogen-bond donors (Lipinski definition) is 3. The zero-order chi connectivity index (χ0) is 14.3. The smallest absolute Gasteiger partial charge is 0.223 e. The summed E-state index contributed by atoms with van der Waals surface area (Å²) in [7, 11) is 0. The maximum absolute atomic E-state index is 11.9. The van der Waals surface area contributed by atoms with Gasteiger partial charge < -0.3 is 16.3 Å². The monoisotopic (exact) mass is 270 g/mol. The van der Waals surface area contributed by atoms with Crippen LogP contribution in [0.2, 0.25) is 0 Å². The van der Waals surface area contributed by atoms with Gasteiger partial charge in [0.1, 0.15) is 0 Å². The van der Waals surface area contributed by atoms with E-state index in [1.54, 1.807) is 0 Å². The summed E-state index contributed by atoms with van der Waals surface area (Å²) < 4.78 is 0. The number of nitrogens with one attached hydrogen (secondary N) is 1. The Hall–Kier alpha value is -1.30. The molecule has 1 rings (SSSR count). The van der Waals surface area contributed by atoms with Gasteiger partial charge in [0.2, 0.25) is 5.91 Å². The van der Waals surface area contributed by atoms with Crippen LogP contribution < -0.4 is 11.1 Å². The number of likely N-dealkylation sites (tertiary alicyclic amines) is 1. The molecule has 19 heavy (non-hydrogen) atoms. The summed E-state index contributed by atoms with van der Waals surface area (Å²) in [6.07, 6.45) is 3.81. The Morgan fingerprint density at radius 2 is 2.16 bits per heavy atom. The fraction of sp³-hybridized carbons (Fsp3) is 0.846. The lowest BCUT2D eigenvalue weighted by Crippen LogP contribution is -2.47. The van der Waals surface area contributed by atoms with Crippen molar-refractivity contribution in [3.05, 3.63) is 0 Å². The van der Waals surface area contributed by atoms with Gasteiger partial charge in [-0.05, 0) is 19.3 Å². The molecule has 6 heteroatoms. The van der Waals surface area contributed by atoms with Crippen molar-refractivity contribution in [3.8, 4) is 0 Å². The van der Waals surface area contributed by atoms with Crippen molar-refractivity contribution >= 4 is 11.7 Å². The highest BCUT2D eigenvalue weighted by atomic mass is 16.4. The van der Waals surface area contributed by atoms with E-state index >= 15 is 0 Å². The normalized spacial score (nSPS) is 20.2. The van der Waals surface area contributed by atoms with Gasteiger partial charge in [-0.15, -0.1) is 0 Å². The highest BCUT2D eigenvalue weighted by Crippen LogP contribution is 2.12. The number of amidine groups is 1. The minimum atomic E-state index is 0.0974. The second kappa shape index (κ2) is 7.99. The fourth-order valence-electron chi connectivity index (χ4n) is 2.40. The molecule has 110 valence electrons. The number of carbonyl (C=O) groups is 1. The van der Waals surface area contributed by atoms with E-state index in [4.69, 9.17) is 10.9 Å². The summed E-state index contributed by atoms with van der Waals surface area (Å²) in [5.41, 5.74) is 5.48. The van der Waals surface area contributed by atoms with Crippen molar-refractivity contribution < 1.29 is 10.0 Å². The summed E-state index contributed by atoms with van der Waals surface area (Å²) in [4.78, 5) is 14.0. The largest absolute Gasteiger partial charge is 0.409 e. The van der Waals surface area contributed by atoms with Gasteiger partial charge in [-0.25, -0.2) is 0 Å². The molecule has 1 unspecified atom stereocenters. The summed E-state index contributed by atoms with van der Waals surface area (Å²) in [6.45, 7) is 6.29. The standard InChI is InChI=1S/C13H26N4O2/c1-3-4-10(2)13(18)15-11-5-7-17(8-6-11)9-12(14)16-19/h10-11,19H,3-9H2,1-2H3,(H2,14,16)(H,15,18). The number of amides is 1. The molecule has 1 atom stereocenters. The molecule has 0 aromatic carbocycles. The van der Waals surface area contributed by atoms with Gasteiger partial charge in [-0.1, -0.05) is 25.4 Å². The second-order valence-corrected chi connectivity index (χ2v) is 5.34. The third-order valence-electron chi connectivity index (χ3n) is 3.62. The quantitative estimate of drug-likeness (QED) is 0.287. The van der Waals surface area contributed by atoms with Gasteiger partial charge in [-0.2, -0.15) is 0 Å². The van der Waals surface area contributed by atoms with E-state index in [1.807, 2.05) is 6.92 Å². The Balaban J connectivity index is 2.28. The minimum Gasteiger partial charge on any atom is -0.409 e. The van der Waals surface area contributed by atoms with Gasteiger partial charge in [-0.3, -0.25) is 9.69 Å². The summed E-state index contributed by atoms with van der Waals surface area (Å²) in [6, 6.07) is 0.260. The molecule has 4 N–H and O–H groups in total. The van der Waals surface area contributed by atoms with E-state index < -0.39 is 0 Å². The first-order chi connectivity index (χ1) is 9.06. The molecule has 6 nitrogen and oxygen atoms in total. The number of rotatable bonds is 6. The van der Waals surface area contributed by atoms with Crippen molar-refractivity contribution in [2.45, 2.75) is 45.6 Å². The van der Waals surface area contributed by atoms with E-state index in [0.29, 0.717) is 6.54 Å².